The Morgan fingerprint density at radius 1 is 0.920 bits per heavy atom. The monoisotopic (exact) mass is 358 g/mol. The lowest BCUT2D eigenvalue weighted by atomic mass is 9.84. The lowest BCUT2D eigenvalue weighted by Gasteiger charge is -2.38. The van der Waals surface area contributed by atoms with Crippen molar-refractivity contribution in [3.05, 3.63) is 47.1 Å². The highest BCUT2D eigenvalue weighted by Gasteiger charge is 2.34. The molecule has 0 unspecified atom stereocenters. The summed E-state index contributed by atoms with van der Waals surface area (Å²) in [6.07, 6.45) is 5.63. The van der Waals surface area contributed by atoms with Crippen molar-refractivity contribution in [2.45, 2.75) is 31.3 Å². The van der Waals surface area contributed by atoms with Crippen LogP contribution in [-0.2, 0) is 5.60 Å². The Bertz CT molecular complexity index is 722. The summed E-state index contributed by atoms with van der Waals surface area (Å²) in [4.78, 5) is 13.7. The van der Waals surface area contributed by atoms with E-state index in [1.165, 1.54) is 12.8 Å². The van der Waals surface area contributed by atoms with E-state index in [-0.39, 0.29) is 0 Å². The molecular weight excluding hydrogens is 336 g/mol. The summed E-state index contributed by atoms with van der Waals surface area (Å²) in [7, 11) is 0. The number of halogens is 1. The molecule has 3 heterocycles. The third-order valence-corrected chi connectivity index (χ3v) is 5.57. The summed E-state index contributed by atoms with van der Waals surface area (Å²) in [5.74, 6) is 1.78. The van der Waals surface area contributed by atoms with Crippen molar-refractivity contribution in [1.82, 2.24) is 9.97 Å². The van der Waals surface area contributed by atoms with E-state index in [0.29, 0.717) is 17.9 Å². The molecule has 0 aliphatic carbocycles. The summed E-state index contributed by atoms with van der Waals surface area (Å²) in [5, 5.41) is 11.7. The van der Waals surface area contributed by atoms with Gasteiger partial charge in [0.05, 0.1) is 5.60 Å². The van der Waals surface area contributed by atoms with Crippen LogP contribution in [0.4, 0.5) is 11.8 Å². The zero-order valence-electron chi connectivity index (χ0n) is 14.2. The molecule has 4 rings (SSSR count). The number of anilines is 2. The molecule has 5 nitrogen and oxygen atoms in total. The SMILES string of the molecule is OC1(c2ccc(Cl)cc2)CCN(c2nccc(N3CCCC3)n2)CC1. The van der Waals surface area contributed by atoms with Crippen LogP contribution in [0, 0.1) is 0 Å². The zero-order valence-corrected chi connectivity index (χ0v) is 15.0. The lowest BCUT2D eigenvalue weighted by Crippen LogP contribution is -2.43. The summed E-state index contributed by atoms with van der Waals surface area (Å²) in [6.45, 7) is 3.63. The van der Waals surface area contributed by atoms with Gasteiger partial charge >= 0.3 is 0 Å². The zero-order chi connectivity index (χ0) is 17.3. The van der Waals surface area contributed by atoms with Gasteiger partial charge < -0.3 is 14.9 Å². The van der Waals surface area contributed by atoms with Gasteiger partial charge in [0.2, 0.25) is 5.95 Å². The number of benzene rings is 1. The number of hydrogen-bond donors (Lipinski definition) is 1. The summed E-state index contributed by atoms with van der Waals surface area (Å²) in [6, 6.07) is 9.50. The maximum atomic E-state index is 11.0. The first-order valence-corrected chi connectivity index (χ1v) is 9.33. The van der Waals surface area contributed by atoms with Crippen molar-refractivity contribution in [3.63, 3.8) is 0 Å². The molecule has 0 bridgehead atoms. The van der Waals surface area contributed by atoms with Gasteiger partial charge in [0.15, 0.2) is 0 Å². The van der Waals surface area contributed by atoms with Crippen LogP contribution in [0.3, 0.4) is 0 Å². The first-order chi connectivity index (χ1) is 12.1. The van der Waals surface area contributed by atoms with Gasteiger partial charge in [-0.2, -0.15) is 4.98 Å². The third-order valence-electron chi connectivity index (χ3n) is 5.31. The molecule has 0 radical (unpaired) electrons. The predicted octanol–water partition coefficient (Wildman–Crippen LogP) is 3.22. The second kappa shape index (κ2) is 6.81. The lowest BCUT2D eigenvalue weighted by molar-refractivity contribution is 0.0115. The van der Waals surface area contributed by atoms with Gasteiger partial charge in [0.25, 0.3) is 0 Å². The summed E-state index contributed by atoms with van der Waals surface area (Å²) >= 11 is 5.96. The Balaban J connectivity index is 1.46. The Kier molecular flexibility index (Phi) is 4.52. The number of nitrogens with zero attached hydrogens (tertiary/aromatic N) is 4. The molecule has 132 valence electrons. The molecule has 25 heavy (non-hydrogen) atoms. The predicted molar refractivity (Wildman–Crippen MR) is 100 cm³/mol. The molecule has 1 aromatic heterocycles. The molecule has 0 amide bonds. The maximum Gasteiger partial charge on any atom is 0.227 e. The van der Waals surface area contributed by atoms with Crippen LogP contribution in [0.1, 0.15) is 31.2 Å². The highest BCUT2D eigenvalue weighted by molar-refractivity contribution is 6.30. The number of rotatable bonds is 3. The first-order valence-electron chi connectivity index (χ1n) is 8.95. The van der Waals surface area contributed by atoms with E-state index >= 15 is 0 Å². The molecule has 0 spiro atoms. The fourth-order valence-corrected chi connectivity index (χ4v) is 3.87. The van der Waals surface area contributed by atoms with Crippen molar-refractivity contribution in [2.75, 3.05) is 36.0 Å². The fraction of sp³-hybridized carbons (Fsp3) is 0.474. The minimum absolute atomic E-state index is 0.659. The van der Waals surface area contributed by atoms with Crippen LogP contribution in [0.2, 0.25) is 5.02 Å². The number of hydrogen-bond acceptors (Lipinski definition) is 5. The van der Waals surface area contributed by atoms with Gasteiger partial charge in [-0.25, -0.2) is 4.98 Å². The van der Waals surface area contributed by atoms with Crippen LogP contribution >= 0.6 is 11.6 Å². The van der Waals surface area contributed by atoms with E-state index in [1.807, 2.05) is 36.5 Å². The Hall–Kier alpha value is -1.85. The smallest absolute Gasteiger partial charge is 0.227 e. The van der Waals surface area contributed by atoms with Crippen molar-refractivity contribution in [3.8, 4) is 0 Å². The van der Waals surface area contributed by atoms with Gasteiger partial charge in [-0.15, -0.1) is 0 Å². The average Bonchev–Trinajstić information content (AvgIpc) is 3.18. The Labute approximate surface area is 153 Å². The minimum atomic E-state index is -0.798. The molecular formula is C19H23ClN4O. The van der Waals surface area contributed by atoms with Crippen LogP contribution in [-0.4, -0.2) is 41.3 Å². The van der Waals surface area contributed by atoms with Gasteiger partial charge in [-0.05, 0) is 49.4 Å². The molecule has 1 aromatic carbocycles. The van der Waals surface area contributed by atoms with Crippen LogP contribution < -0.4 is 9.80 Å². The Morgan fingerprint density at radius 2 is 1.60 bits per heavy atom. The topological polar surface area (TPSA) is 52.5 Å². The molecule has 2 aromatic rings. The van der Waals surface area contributed by atoms with E-state index in [2.05, 4.69) is 14.8 Å². The summed E-state index contributed by atoms with van der Waals surface area (Å²) < 4.78 is 0. The molecule has 2 saturated heterocycles. The molecule has 2 aliphatic heterocycles. The number of aliphatic hydroxyl groups is 1. The average molecular weight is 359 g/mol. The van der Waals surface area contributed by atoms with E-state index in [9.17, 15) is 5.11 Å². The van der Waals surface area contributed by atoms with Gasteiger partial charge in [0, 0.05) is 37.4 Å². The van der Waals surface area contributed by atoms with Crippen LogP contribution in [0.25, 0.3) is 0 Å². The highest BCUT2D eigenvalue weighted by atomic mass is 35.5. The summed E-state index contributed by atoms with van der Waals surface area (Å²) in [5.41, 5.74) is 0.136. The quantitative estimate of drug-likeness (QED) is 0.913. The minimum Gasteiger partial charge on any atom is -0.385 e. The molecule has 0 saturated carbocycles. The van der Waals surface area contributed by atoms with Crippen LogP contribution in [0.15, 0.2) is 36.5 Å². The highest BCUT2D eigenvalue weighted by Crippen LogP contribution is 2.34. The van der Waals surface area contributed by atoms with Crippen molar-refractivity contribution < 1.29 is 5.11 Å². The fourth-order valence-electron chi connectivity index (χ4n) is 3.74. The molecule has 1 N–H and O–H groups in total. The molecule has 2 aliphatic rings. The second-order valence-corrected chi connectivity index (χ2v) is 7.37. The third kappa shape index (κ3) is 3.44. The second-order valence-electron chi connectivity index (χ2n) is 6.93. The molecule has 2 fully saturated rings. The van der Waals surface area contributed by atoms with Crippen molar-refractivity contribution >= 4 is 23.4 Å². The van der Waals surface area contributed by atoms with E-state index in [4.69, 9.17) is 16.6 Å². The van der Waals surface area contributed by atoms with Crippen LogP contribution in [0.5, 0.6) is 0 Å². The molecule has 6 heteroatoms. The largest absolute Gasteiger partial charge is 0.385 e. The van der Waals surface area contributed by atoms with Gasteiger partial charge in [-0.3, -0.25) is 0 Å². The maximum absolute atomic E-state index is 11.0. The van der Waals surface area contributed by atoms with Crippen molar-refractivity contribution in [2.24, 2.45) is 0 Å². The van der Waals surface area contributed by atoms with Crippen molar-refractivity contribution in [1.29, 1.82) is 0 Å². The van der Waals surface area contributed by atoms with Gasteiger partial charge in [0.1, 0.15) is 5.82 Å². The molecule has 0 atom stereocenters. The standard InChI is InChI=1S/C19H23ClN4O/c20-16-5-3-15(4-6-16)19(25)8-13-24(14-9-19)18-21-10-7-17(22-18)23-11-1-2-12-23/h3-7,10,25H,1-2,8-9,11-14H2. The Morgan fingerprint density at radius 3 is 2.28 bits per heavy atom. The normalized spacial score (nSPS) is 20.1. The van der Waals surface area contributed by atoms with Gasteiger partial charge in [-0.1, -0.05) is 23.7 Å². The van der Waals surface area contributed by atoms with E-state index in [0.717, 1.165) is 43.5 Å². The number of aromatic nitrogens is 2. The number of piperidine rings is 1. The van der Waals surface area contributed by atoms with E-state index < -0.39 is 5.60 Å². The van der Waals surface area contributed by atoms with E-state index in [1.54, 1.807) is 0 Å². The first kappa shape index (κ1) is 16.6.